The van der Waals surface area contributed by atoms with Crippen LogP contribution in [0.3, 0.4) is 0 Å². The normalized spacial score (nSPS) is 11.2. The van der Waals surface area contributed by atoms with Crippen LogP contribution in [0.4, 0.5) is 4.39 Å². The van der Waals surface area contributed by atoms with Crippen molar-refractivity contribution in [2.75, 3.05) is 5.75 Å². The minimum Gasteiger partial charge on any atom is -0.301 e. The van der Waals surface area contributed by atoms with E-state index in [2.05, 4.69) is 35.2 Å². The molecule has 0 aliphatic rings. The van der Waals surface area contributed by atoms with E-state index in [1.807, 2.05) is 22.8 Å². The smallest absolute Gasteiger partial charge is 0.149 e. The second kappa shape index (κ2) is 7.30. The zero-order valence-corrected chi connectivity index (χ0v) is 15.2. The van der Waals surface area contributed by atoms with Gasteiger partial charge in [0, 0.05) is 17.4 Å². The van der Waals surface area contributed by atoms with E-state index in [9.17, 15) is 4.39 Å². The molecule has 0 radical (unpaired) electrons. The van der Waals surface area contributed by atoms with Crippen molar-refractivity contribution in [1.82, 2.24) is 14.5 Å². The molecule has 0 saturated heterocycles. The van der Waals surface area contributed by atoms with Crippen LogP contribution < -0.4 is 0 Å². The van der Waals surface area contributed by atoms with E-state index in [1.54, 1.807) is 30.2 Å². The van der Waals surface area contributed by atoms with Gasteiger partial charge in [-0.3, -0.25) is 0 Å². The van der Waals surface area contributed by atoms with E-state index in [0.717, 1.165) is 45.0 Å². The van der Waals surface area contributed by atoms with Gasteiger partial charge in [-0.05, 0) is 42.0 Å². The molecule has 0 unspecified atom stereocenters. The number of hydrogen-bond acceptors (Lipinski definition) is 3. The lowest BCUT2D eigenvalue weighted by atomic mass is 10.1. The third kappa shape index (κ3) is 3.10. The van der Waals surface area contributed by atoms with Crippen LogP contribution in [0.1, 0.15) is 13.3 Å². The molecule has 0 atom stereocenters. The van der Waals surface area contributed by atoms with E-state index in [-0.39, 0.29) is 5.82 Å². The van der Waals surface area contributed by atoms with E-state index in [1.165, 1.54) is 12.1 Å². The van der Waals surface area contributed by atoms with Crippen molar-refractivity contribution in [3.05, 3.63) is 72.9 Å². The van der Waals surface area contributed by atoms with E-state index >= 15 is 0 Å². The van der Waals surface area contributed by atoms with Crippen molar-refractivity contribution in [2.24, 2.45) is 0 Å². The van der Waals surface area contributed by atoms with Crippen molar-refractivity contribution in [2.45, 2.75) is 18.4 Å². The van der Waals surface area contributed by atoms with Gasteiger partial charge in [-0.1, -0.05) is 37.3 Å². The highest BCUT2D eigenvalue weighted by atomic mass is 32.2. The molecular formula is C21H18FN3S. The summed E-state index contributed by atoms with van der Waals surface area (Å²) in [5.74, 6) is 0.754. The quantitative estimate of drug-likeness (QED) is 0.335. The summed E-state index contributed by atoms with van der Waals surface area (Å²) in [6, 6.07) is 16.7. The fourth-order valence-corrected chi connectivity index (χ4v) is 3.84. The Labute approximate surface area is 155 Å². The molecule has 0 N–H and O–H groups in total. The molecule has 4 aromatic rings. The number of fused-ring (bicyclic) bond motifs is 1. The van der Waals surface area contributed by atoms with Gasteiger partial charge >= 0.3 is 0 Å². The number of nitrogens with zero attached hydrogens (tertiary/aromatic N) is 3. The highest BCUT2D eigenvalue weighted by Crippen LogP contribution is 2.36. The molecule has 0 aliphatic carbocycles. The van der Waals surface area contributed by atoms with Crippen molar-refractivity contribution < 1.29 is 4.39 Å². The molecule has 0 saturated carbocycles. The van der Waals surface area contributed by atoms with E-state index < -0.39 is 0 Å². The van der Waals surface area contributed by atoms with Gasteiger partial charge in [0.05, 0.1) is 5.39 Å². The Morgan fingerprint density at radius 2 is 1.77 bits per heavy atom. The maximum atomic E-state index is 13.4. The second-order valence-electron chi connectivity index (χ2n) is 5.98. The molecule has 0 fully saturated rings. The summed E-state index contributed by atoms with van der Waals surface area (Å²) in [4.78, 5) is 9.07. The van der Waals surface area contributed by atoms with Crippen molar-refractivity contribution in [3.8, 4) is 16.8 Å². The summed E-state index contributed by atoms with van der Waals surface area (Å²) in [6.07, 6.45) is 4.75. The summed E-state index contributed by atoms with van der Waals surface area (Å²) in [5, 5.41) is 2.03. The SMILES string of the molecule is CCCSc1ncnc2c1c(-c1ccccc1)cn2-c1ccc(F)cc1. The Hall–Kier alpha value is -2.66. The lowest BCUT2D eigenvalue weighted by Gasteiger charge is -2.06. The third-order valence-electron chi connectivity index (χ3n) is 4.18. The number of aromatic nitrogens is 3. The average molecular weight is 363 g/mol. The van der Waals surface area contributed by atoms with Gasteiger partial charge < -0.3 is 4.57 Å². The Kier molecular flexibility index (Phi) is 4.71. The predicted octanol–water partition coefficient (Wildman–Crippen LogP) is 5.73. The van der Waals surface area contributed by atoms with Crippen LogP contribution in [0.5, 0.6) is 0 Å². The molecule has 0 aliphatic heterocycles. The Bertz CT molecular complexity index is 1030. The van der Waals surface area contributed by atoms with Crippen LogP contribution in [0, 0.1) is 5.82 Å². The average Bonchev–Trinajstić information content (AvgIpc) is 3.08. The largest absolute Gasteiger partial charge is 0.301 e. The zero-order valence-electron chi connectivity index (χ0n) is 14.4. The lowest BCUT2D eigenvalue weighted by molar-refractivity contribution is 0.627. The molecule has 4 rings (SSSR count). The highest BCUT2D eigenvalue weighted by molar-refractivity contribution is 7.99. The molecule has 0 bridgehead atoms. The van der Waals surface area contributed by atoms with Crippen molar-refractivity contribution >= 4 is 22.8 Å². The van der Waals surface area contributed by atoms with Crippen LogP contribution in [0.2, 0.25) is 0 Å². The first-order valence-corrected chi connectivity index (χ1v) is 9.56. The number of rotatable bonds is 5. The molecular weight excluding hydrogens is 345 g/mol. The van der Waals surface area contributed by atoms with Crippen molar-refractivity contribution in [3.63, 3.8) is 0 Å². The maximum absolute atomic E-state index is 13.4. The van der Waals surface area contributed by atoms with Gasteiger partial charge in [0.1, 0.15) is 22.8 Å². The topological polar surface area (TPSA) is 30.7 Å². The summed E-state index contributed by atoms with van der Waals surface area (Å²) < 4.78 is 15.4. The standard InChI is InChI=1S/C21H18FN3S/c1-2-12-26-21-19-18(15-6-4-3-5-7-15)13-25(20(19)23-14-24-21)17-10-8-16(22)9-11-17/h3-11,13-14H,2,12H2,1H3. The summed E-state index contributed by atoms with van der Waals surface area (Å²) in [7, 11) is 0. The molecule has 0 amide bonds. The molecule has 130 valence electrons. The van der Waals surface area contributed by atoms with Crippen LogP contribution in [-0.2, 0) is 0 Å². The monoisotopic (exact) mass is 363 g/mol. The number of halogens is 1. The molecule has 2 heterocycles. The fourth-order valence-electron chi connectivity index (χ4n) is 2.98. The second-order valence-corrected chi connectivity index (χ2v) is 7.06. The van der Waals surface area contributed by atoms with Crippen LogP contribution in [0.25, 0.3) is 27.8 Å². The number of hydrogen-bond donors (Lipinski definition) is 0. The van der Waals surface area contributed by atoms with Crippen molar-refractivity contribution in [1.29, 1.82) is 0 Å². The molecule has 2 aromatic carbocycles. The summed E-state index contributed by atoms with van der Waals surface area (Å²) >= 11 is 1.75. The number of benzene rings is 2. The zero-order chi connectivity index (χ0) is 17.9. The fraction of sp³-hybridized carbons (Fsp3) is 0.143. The lowest BCUT2D eigenvalue weighted by Crippen LogP contribution is -1.95. The Balaban J connectivity index is 1.98. The van der Waals surface area contributed by atoms with Gasteiger partial charge in [0.25, 0.3) is 0 Å². The highest BCUT2D eigenvalue weighted by Gasteiger charge is 2.17. The first-order chi connectivity index (χ1) is 12.8. The van der Waals surface area contributed by atoms with Gasteiger partial charge in [-0.25, -0.2) is 14.4 Å². The summed E-state index contributed by atoms with van der Waals surface area (Å²) in [5.41, 5.74) is 3.92. The van der Waals surface area contributed by atoms with E-state index in [4.69, 9.17) is 0 Å². The third-order valence-corrected chi connectivity index (χ3v) is 5.38. The first kappa shape index (κ1) is 16.8. The van der Waals surface area contributed by atoms with Crippen LogP contribution in [0.15, 0.2) is 72.1 Å². The van der Waals surface area contributed by atoms with Gasteiger partial charge in [-0.2, -0.15) is 0 Å². The summed E-state index contributed by atoms with van der Waals surface area (Å²) in [6.45, 7) is 2.16. The molecule has 3 nitrogen and oxygen atoms in total. The van der Waals surface area contributed by atoms with Gasteiger partial charge in [0.2, 0.25) is 0 Å². The Morgan fingerprint density at radius 1 is 1.00 bits per heavy atom. The minimum atomic E-state index is -0.248. The minimum absolute atomic E-state index is 0.248. The van der Waals surface area contributed by atoms with E-state index in [0.29, 0.717) is 0 Å². The van der Waals surface area contributed by atoms with Crippen LogP contribution >= 0.6 is 11.8 Å². The molecule has 5 heteroatoms. The Morgan fingerprint density at radius 3 is 2.50 bits per heavy atom. The molecule has 0 spiro atoms. The molecule has 26 heavy (non-hydrogen) atoms. The molecule has 2 aromatic heterocycles. The first-order valence-electron chi connectivity index (χ1n) is 8.58. The van der Waals surface area contributed by atoms with Crippen LogP contribution in [-0.4, -0.2) is 20.3 Å². The predicted molar refractivity (Wildman–Crippen MR) is 105 cm³/mol. The maximum Gasteiger partial charge on any atom is 0.149 e. The number of thioether (sulfide) groups is 1. The van der Waals surface area contributed by atoms with Gasteiger partial charge in [-0.15, -0.1) is 11.8 Å². The van der Waals surface area contributed by atoms with Gasteiger partial charge in [0.15, 0.2) is 0 Å².